The monoisotopic (exact) mass is 291 g/mol. The Bertz CT molecular complexity index is 509. The van der Waals surface area contributed by atoms with Gasteiger partial charge in [-0.15, -0.1) is 0 Å². The Morgan fingerprint density at radius 3 is 2.48 bits per heavy atom. The molecule has 6 nitrogen and oxygen atoms in total. The molecule has 1 saturated carbocycles. The maximum Gasteiger partial charge on any atom is 0.248 e. The molecule has 0 atom stereocenters. The van der Waals surface area contributed by atoms with Crippen LogP contribution in [-0.2, 0) is 4.79 Å². The van der Waals surface area contributed by atoms with Crippen LogP contribution in [0.15, 0.2) is 24.3 Å². The molecule has 1 aliphatic carbocycles. The molecule has 0 unspecified atom stereocenters. The largest absolute Gasteiger partial charge is 0.393 e. The SMILES string of the molecule is CN(CC(=O)Nc1ccc(C(N)=O)cc1)CC1CC(O)C1. The summed E-state index contributed by atoms with van der Waals surface area (Å²) in [5.41, 5.74) is 6.20. The lowest BCUT2D eigenvalue weighted by Gasteiger charge is -2.34. The fourth-order valence-electron chi connectivity index (χ4n) is 2.52. The van der Waals surface area contributed by atoms with Crippen LogP contribution in [0.3, 0.4) is 0 Å². The van der Waals surface area contributed by atoms with Gasteiger partial charge in [0.1, 0.15) is 0 Å². The van der Waals surface area contributed by atoms with Crippen molar-refractivity contribution in [3.8, 4) is 0 Å². The predicted molar refractivity (Wildman–Crippen MR) is 79.8 cm³/mol. The normalized spacial score (nSPS) is 20.9. The molecule has 114 valence electrons. The first kappa shape index (κ1) is 15.5. The van der Waals surface area contributed by atoms with Gasteiger partial charge >= 0.3 is 0 Å². The third-order valence-corrected chi connectivity index (χ3v) is 3.65. The number of nitrogens with zero attached hydrogens (tertiary/aromatic N) is 1. The van der Waals surface area contributed by atoms with Gasteiger partial charge in [0.25, 0.3) is 0 Å². The molecule has 0 aromatic heterocycles. The second-order valence-corrected chi connectivity index (χ2v) is 5.68. The molecule has 1 aliphatic rings. The van der Waals surface area contributed by atoms with Crippen LogP contribution < -0.4 is 11.1 Å². The van der Waals surface area contributed by atoms with Crippen LogP contribution in [0.4, 0.5) is 5.69 Å². The van der Waals surface area contributed by atoms with Crippen LogP contribution in [0.2, 0.25) is 0 Å². The van der Waals surface area contributed by atoms with E-state index in [0.29, 0.717) is 23.7 Å². The number of anilines is 1. The van der Waals surface area contributed by atoms with Crippen molar-refractivity contribution in [1.82, 2.24) is 4.90 Å². The molecule has 0 saturated heterocycles. The predicted octanol–water partition coefficient (Wildman–Crippen LogP) is 0.427. The smallest absolute Gasteiger partial charge is 0.248 e. The molecule has 6 heteroatoms. The number of amides is 2. The highest BCUT2D eigenvalue weighted by Gasteiger charge is 2.28. The number of primary amides is 1. The number of likely N-dealkylation sites (N-methyl/N-ethyl adjacent to an activating group) is 1. The lowest BCUT2D eigenvalue weighted by Crippen LogP contribution is -2.39. The fourth-order valence-corrected chi connectivity index (χ4v) is 2.52. The Hall–Kier alpha value is -1.92. The van der Waals surface area contributed by atoms with Gasteiger partial charge in [-0.2, -0.15) is 0 Å². The second kappa shape index (κ2) is 6.69. The molecule has 1 aromatic rings. The van der Waals surface area contributed by atoms with E-state index in [-0.39, 0.29) is 12.0 Å². The summed E-state index contributed by atoms with van der Waals surface area (Å²) in [6, 6.07) is 6.47. The molecule has 1 fully saturated rings. The summed E-state index contributed by atoms with van der Waals surface area (Å²) >= 11 is 0. The molecule has 0 heterocycles. The van der Waals surface area contributed by atoms with Crippen LogP contribution in [0.5, 0.6) is 0 Å². The summed E-state index contributed by atoms with van der Waals surface area (Å²) in [7, 11) is 1.89. The zero-order valence-corrected chi connectivity index (χ0v) is 12.1. The number of carbonyl (C=O) groups is 2. The summed E-state index contributed by atoms with van der Waals surface area (Å²) in [5, 5.41) is 12.0. The van der Waals surface area contributed by atoms with Crippen molar-refractivity contribution in [2.45, 2.75) is 18.9 Å². The first-order chi connectivity index (χ1) is 9.94. The highest BCUT2D eigenvalue weighted by atomic mass is 16.3. The van der Waals surface area contributed by atoms with Gasteiger partial charge in [0.15, 0.2) is 0 Å². The van der Waals surface area contributed by atoms with Gasteiger partial charge in [0.05, 0.1) is 12.6 Å². The van der Waals surface area contributed by atoms with E-state index in [0.717, 1.165) is 19.4 Å². The van der Waals surface area contributed by atoms with Crippen LogP contribution in [0, 0.1) is 5.92 Å². The molecule has 2 rings (SSSR count). The van der Waals surface area contributed by atoms with Gasteiger partial charge < -0.3 is 16.2 Å². The van der Waals surface area contributed by atoms with E-state index in [1.807, 2.05) is 11.9 Å². The van der Waals surface area contributed by atoms with E-state index in [1.165, 1.54) is 0 Å². The summed E-state index contributed by atoms with van der Waals surface area (Å²) in [4.78, 5) is 24.8. The van der Waals surface area contributed by atoms with E-state index >= 15 is 0 Å². The number of rotatable bonds is 6. The van der Waals surface area contributed by atoms with Crippen LogP contribution >= 0.6 is 0 Å². The van der Waals surface area contributed by atoms with Crippen molar-refractivity contribution < 1.29 is 14.7 Å². The Kier molecular flexibility index (Phi) is 4.93. The van der Waals surface area contributed by atoms with Gasteiger partial charge in [-0.25, -0.2) is 0 Å². The maximum absolute atomic E-state index is 11.9. The van der Waals surface area contributed by atoms with E-state index in [4.69, 9.17) is 5.73 Å². The standard InChI is InChI=1S/C15H21N3O3/c1-18(8-10-6-13(19)7-10)9-14(20)17-12-4-2-11(3-5-12)15(16)21/h2-5,10,13,19H,6-9H2,1H3,(H2,16,21)(H,17,20). The van der Waals surface area contributed by atoms with Gasteiger partial charge in [-0.3, -0.25) is 14.5 Å². The molecule has 4 N–H and O–H groups in total. The van der Waals surface area contributed by atoms with Crippen molar-refractivity contribution >= 4 is 17.5 Å². The van der Waals surface area contributed by atoms with Crippen molar-refractivity contribution in [2.24, 2.45) is 11.7 Å². The minimum Gasteiger partial charge on any atom is -0.393 e. The average molecular weight is 291 g/mol. The van der Waals surface area contributed by atoms with E-state index in [1.54, 1.807) is 24.3 Å². The van der Waals surface area contributed by atoms with E-state index in [2.05, 4.69) is 5.32 Å². The van der Waals surface area contributed by atoms with Gasteiger partial charge in [-0.1, -0.05) is 0 Å². The van der Waals surface area contributed by atoms with E-state index in [9.17, 15) is 14.7 Å². The summed E-state index contributed by atoms with van der Waals surface area (Å²) in [5.74, 6) is -0.118. The number of carbonyl (C=O) groups excluding carboxylic acids is 2. The molecule has 2 amide bonds. The lowest BCUT2D eigenvalue weighted by atomic mass is 9.82. The number of aliphatic hydroxyl groups excluding tert-OH is 1. The number of benzene rings is 1. The summed E-state index contributed by atoms with van der Waals surface area (Å²) < 4.78 is 0. The van der Waals surface area contributed by atoms with Crippen LogP contribution in [0.1, 0.15) is 23.2 Å². The molecule has 0 radical (unpaired) electrons. The molecule has 0 aliphatic heterocycles. The van der Waals surface area contributed by atoms with Gasteiger partial charge in [0, 0.05) is 17.8 Å². The minimum atomic E-state index is -0.490. The van der Waals surface area contributed by atoms with Crippen LogP contribution in [0.25, 0.3) is 0 Å². The minimum absolute atomic E-state index is 0.107. The van der Waals surface area contributed by atoms with Crippen molar-refractivity contribution in [3.05, 3.63) is 29.8 Å². The number of nitrogens with one attached hydrogen (secondary N) is 1. The molecule has 0 spiro atoms. The Morgan fingerprint density at radius 2 is 1.95 bits per heavy atom. The topological polar surface area (TPSA) is 95.7 Å². The Morgan fingerprint density at radius 1 is 1.33 bits per heavy atom. The average Bonchev–Trinajstić information content (AvgIpc) is 2.37. The first-order valence-electron chi connectivity index (χ1n) is 7.00. The van der Waals surface area contributed by atoms with Crippen LogP contribution in [-0.4, -0.2) is 48.1 Å². The summed E-state index contributed by atoms with van der Waals surface area (Å²) in [6.07, 6.45) is 1.47. The highest BCUT2D eigenvalue weighted by molar-refractivity contribution is 5.95. The summed E-state index contributed by atoms with van der Waals surface area (Å²) in [6.45, 7) is 1.11. The number of aliphatic hydroxyl groups is 1. The highest BCUT2D eigenvalue weighted by Crippen LogP contribution is 2.27. The number of hydrogen-bond acceptors (Lipinski definition) is 4. The molecule has 0 bridgehead atoms. The molecular formula is C15H21N3O3. The molecule has 21 heavy (non-hydrogen) atoms. The fraction of sp³-hybridized carbons (Fsp3) is 0.467. The zero-order chi connectivity index (χ0) is 15.4. The zero-order valence-electron chi connectivity index (χ0n) is 12.1. The van der Waals surface area contributed by atoms with Crippen molar-refractivity contribution in [2.75, 3.05) is 25.5 Å². The second-order valence-electron chi connectivity index (χ2n) is 5.68. The Balaban J connectivity index is 1.77. The van der Waals surface area contributed by atoms with Crippen molar-refractivity contribution in [1.29, 1.82) is 0 Å². The van der Waals surface area contributed by atoms with Crippen molar-refractivity contribution in [3.63, 3.8) is 0 Å². The quantitative estimate of drug-likeness (QED) is 0.708. The lowest BCUT2D eigenvalue weighted by molar-refractivity contribution is -0.117. The third kappa shape index (κ3) is 4.54. The molecular weight excluding hydrogens is 270 g/mol. The number of hydrogen-bond donors (Lipinski definition) is 3. The third-order valence-electron chi connectivity index (χ3n) is 3.65. The van der Waals surface area contributed by atoms with Gasteiger partial charge in [0.2, 0.25) is 11.8 Å². The maximum atomic E-state index is 11.9. The Labute approximate surface area is 123 Å². The molecule has 1 aromatic carbocycles. The van der Waals surface area contributed by atoms with Gasteiger partial charge in [-0.05, 0) is 50.1 Å². The van der Waals surface area contributed by atoms with E-state index < -0.39 is 5.91 Å². The number of nitrogens with two attached hydrogens (primary N) is 1. The first-order valence-corrected chi connectivity index (χ1v) is 7.00.